The van der Waals surface area contributed by atoms with E-state index >= 15 is 0 Å². The lowest BCUT2D eigenvalue weighted by Crippen LogP contribution is -2.58. The van der Waals surface area contributed by atoms with Gasteiger partial charge in [0.2, 0.25) is 11.8 Å². The molecule has 4 atom stereocenters. The summed E-state index contributed by atoms with van der Waals surface area (Å²) in [5, 5.41) is 5.46. The summed E-state index contributed by atoms with van der Waals surface area (Å²) in [4.78, 5) is 54.3. The van der Waals surface area contributed by atoms with E-state index in [1.54, 1.807) is 13.8 Å². The number of amides is 4. The number of fused-ring (bicyclic) bond motifs is 2. The number of nitrogens with zero attached hydrogens (tertiary/aromatic N) is 1. The van der Waals surface area contributed by atoms with E-state index in [9.17, 15) is 27.6 Å². The van der Waals surface area contributed by atoms with Gasteiger partial charge >= 0.3 is 6.09 Å². The third-order valence-electron chi connectivity index (χ3n) is 7.31. The molecule has 1 aromatic heterocycles. The van der Waals surface area contributed by atoms with Gasteiger partial charge in [-0.2, -0.15) is 0 Å². The maximum Gasteiger partial charge on any atom is 0.408 e. The number of hydrogen-bond donors (Lipinski definition) is 3. The molecule has 1 aliphatic carbocycles. The van der Waals surface area contributed by atoms with Crippen LogP contribution in [0.4, 0.5) is 4.79 Å². The summed E-state index contributed by atoms with van der Waals surface area (Å²) >= 11 is 6.70. The Morgan fingerprint density at radius 3 is 2.65 bits per heavy atom. The molecule has 3 aliphatic rings. The minimum absolute atomic E-state index is 0.111. The lowest BCUT2D eigenvalue weighted by molar-refractivity contribution is -0.141. The lowest BCUT2D eigenvalue weighted by Gasteiger charge is -2.30. The Hall–Kier alpha value is -2.64. The van der Waals surface area contributed by atoms with Crippen LogP contribution in [-0.4, -0.2) is 67.4 Å². The highest BCUT2D eigenvalue weighted by molar-refractivity contribution is 7.92. The molecule has 0 unspecified atom stereocenters. The van der Waals surface area contributed by atoms with Gasteiger partial charge in [-0.3, -0.25) is 14.4 Å². The summed E-state index contributed by atoms with van der Waals surface area (Å²) in [5.41, 5.74) is -1.46. The molecule has 1 saturated heterocycles. The van der Waals surface area contributed by atoms with Gasteiger partial charge in [-0.25, -0.2) is 17.9 Å². The molecule has 4 rings (SSSR count). The number of halogens is 1. The van der Waals surface area contributed by atoms with Crippen molar-refractivity contribution in [2.24, 2.45) is 5.92 Å². The van der Waals surface area contributed by atoms with Crippen LogP contribution in [0.5, 0.6) is 0 Å². The Balaban J connectivity index is 1.56. The van der Waals surface area contributed by atoms with Crippen molar-refractivity contribution in [1.82, 2.24) is 20.3 Å². The van der Waals surface area contributed by atoms with E-state index in [-0.39, 0.29) is 27.0 Å². The van der Waals surface area contributed by atoms with E-state index in [2.05, 4.69) is 15.4 Å². The molecule has 40 heavy (non-hydrogen) atoms. The van der Waals surface area contributed by atoms with E-state index in [0.717, 1.165) is 24.2 Å². The van der Waals surface area contributed by atoms with Crippen LogP contribution >= 0.6 is 22.9 Å². The van der Waals surface area contributed by atoms with Crippen LogP contribution < -0.4 is 15.4 Å². The molecule has 2 aliphatic heterocycles. The van der Waals surface area contributed by atoms with E-state index in [0.29, 0.717) is 38.6 Å². The van der Waals surface area contributed by atoms with Crippen LogP contribution in [0.2, 0.25) is 4.34 Å². The minimum Gasteiger partial charge on any atom is -0.447 e. The second kappa shape index (κ2) is 12.5. The van der Waals surface area contributed by atoms with E-state index in [1.807, 2.05) is 12.2 Å². The second-order valence-corrected chi connectivity index (χ2v) is 14.3. The molecule has 0 bridgehead atoms. The highest BCUT2D eigenvalue weighted by atomic mass is 35.5. The number of sulfonamides is 1. The zero-order valence-electron chi connectivity index (χ0n) is 22.5. The van der Waals surface area contributed by atoms with Gasteiger partial charge in [0.1, 0.15) is 21.8 Å². The Labute approximate surface area is 243 Å². The zero-order chi connectivity index (χ0) is 29.1. The van der Waals surface area contributed by atoms with Crippen LogP contribution in [-0.2, 0) is 29.1 Å². The SMILES string of the molecule is CC(C)OC(=O)N[C@H]1CCCCC/C=C\[C@@H]2C[C@@]2(C(=O)NS(=O)(=O)c2ccc(Cl)s2)NC(=O)[C@@H]2CCCN2C1=O. The van der Waals surface area contributed by atoms with Crippen LogP contribution in [0, 0.1) is 5.92 Å². The van der Waals surface area contributed by atoms with Crippen LogP contribution in [0.15, 0.2) is 28.5 Å². The van der Waals surface area contributed by atoms with Crippen molar-refractivity contribution in [3.63, 3.8) is 0 Å². The maximum atomic E-state index is 13.6. The van der Waals surface area contributed by atoms with Crippen molar-refractivity contribution in [3.8, 4) is 0 Å². The summed E-state index contributed by atoms with van der Waals surface area (Å²) in [5.74, 6) is -2.15. The number of alkyl carbamates (subject to hydrolysis) is 1. The maximum absolute atomic E-state index is 13.6. The number of carbonyl (C=O) groups is 4. The number of thiophene rings is 1. The van der Waals surface area contributed by atoms with Gasteiger partial charge in [0.25, 0.3) is 15.9 Å². The predicted molar refractivity (Wildman–Crippen MR) is 149 cm³/mol. The van der Waals surface area contributed by atoms with E-state index in [1.165, 1.54) is 17.0 Å². The number of ether oxygens (including phenoxy) is 1. The highest BCUT2D eigenvalue weighted by Crippen LogP contribution is 2.46. The molecule has 1 saturated carbocycles. The van der Waals surface area contributed by atoms with Crippen molar-refractivity contribution in [2.75, 3.05) is 6.54 Å². The average Bonchev–Trinajstić information content (AvgIpc) is 3.20. The first-order chi connectivity index (χ1) is 18.9. The van der Waals surface area contributed by atoms with Gasteiger partial charge in [0.05, 0.1) is 10.4 Å². The molecule has 2 fully saturated rings. The molecule has 14 heteroatoms. The molecule has 1 aromatic rings. The molecule has 3 N–H and O–H groups in total. The van der Waals surface area contributed by atoms with Crippen LogP contribution in [0.1, 0.15) is 65.2 Å². The minimum atomic E-state index is -4.19. The summed E-state index contributed by atoms with van der Waals surface area (Å²) < 4.78 is 33.1. The van der Waals surface area contributed by atoms with Gasteiger partial charge in [0, 0.05) is 12.5 Å². The Bertz CT molecular complexity index is 1280. The van der Waals surface area contributed by atoms with E-state index < -0.39 is 51.5 Å². The van der Waals surface area contributed by atoms with Crippen molar-refractivity contribution in [2.45, 2.75) is 93.1 Å². The number of rotatable bonds is 5. The van der Waals surface area contributed by atoms with Crippen LogP contribution in [0.3, 0.4) is 0 Å². The van der Waals surface area contributed by atoms with Crippen molar-refractivity contribution < 1.29 is 32.3 Å². The van der Waals surface area contributed by atoms with Gasteiger partial charge in [-0.05, 0) is 64.5 Å². The molecule has 0 radical (unpaired) electrons. The molecule has 220 valence electrons. The standard InChI is InChI=1S/C26H35ClN4O7S2/c1-16(2)38-25(35)28-18-10-7-5-3-4-6-9-17-15-26(17,29-22(32)19-11-8-14-31(19)23(18)33)24(34)30-40(36,37)21-13-12-20(27)39-21/h6,9,12-13,16-19H,3-5,7-8,10-11,14-15H2,1-2H3,(H,28,35)(H,29,32)(H,30,34)/b9-6-/t17-,18+,19+,26-/m1/s1. The lowest BCUT2D eigenvalue weighted by atomic mass is 10.1. The van der Waals surface area contributed by atoms with Gasteiger partial charge in [-0.15, -0.1) is 11.3 Å². The summed E-state index contributed by atoms with van der Waals surface area (Å²) in [6, 6.07) is 1.02. The Morgan fingerprint density at radius 2 is 1.95 bits per heavy atom. The smallest absolute Gasteiger partial charge is 0.408 e. The van der Waals surface area contributed by atoms with Crippen LogP contribution in [0.25, 0.3) is 0 Å². The third-order valence-corrected chi connectivity index (χ3v) is 10.4. The molecule has 4 amide bonds. The summed E-state index contributed by atoms with van der Waals surface area (Å²) in [6.45, 7) is 3.75. The summed E-state index contributed by atoms with van der Waals surface area (Å²) in [7, 11) is -4.19. The Kier molecular flexibility index (Phi) is 9.46. The van der Waals surface area contributed by atoms with Crippen molar-refractivity contribution in [3.05, 3.63) is 28.6 Å². The average molecular weight is 615 g/mol. The molecule has 3 heterocycles. The third kappa shape index (κ3) is 6.98. The second-order valence-electron chi connectivity index (χ2n) is 10.7. The fourth-order valence-corrected chi connectivity index (χ4v) is 7.71. The number of hydrogen-bond acceptors (Lipinski definition) is 8. The van der Waals surface area contributed by atoms with Gasteiger partial charge < -0.3 is 20.3 Å². The summed E-state index contributed by atoms with van der Waals surface area (Å²) in [6.07, 6.45) is 7.35. The van der Waals surface area contributed by atoms with Gasteiger partial charge in [0.15, 0.2) is 0 Å². The largest absolute Gasteiger partial charge is 0.447 e. The molecular weight excluding hydrogens is 580 g/mol. The van der Waals surface area contributed by atoms with Crippen molar-refractivity contribution >= 4 is 56.8 Å². The fourth-order valence-electron chi connectivity index (χ4n) is 5.19. The number of nitrogens with one attached hydrogen (secondary N) is 3. The number of allylic oxidation sites excluding steroid dienone is 1. The topological polar surface area (TPSA) is 151 Å². The normalized spacial score (nSPS) is 28.4. The zero-order valence-corrected chi connectivity index (χ0v) is 24.9. The monoisotopic (exact) mass is 614 g/mol. The Morgan fingerprint density at radius 1 is 1.18 bits per heavy atom. The fraction of sp³-hybridized carbons (Fsp3) is 0.615. The quantitative estimate of drug-likeness (QED) is 0.431. The first kappa shape index (κ1) is 30.3. The first-order valence-electron chi connectivity index (χ1n) is 13.5. The molecule has 0 spiro atoms. The predicted octanol–water partition coefficient (Wildman–Crippen LogP) is 3.10. The van der Waals surface area contributed by atoms with Crippen molar-refractivity contribution in [1.29, 1.82) is 0 Å². The van der Waals surface area contributed by atoms with E-state index in [4.69, 9.17) is 16.3 Å². The first-order valence-corrected chi connectivity index (χ1v) is 16.2. The molecule has 11 nitrogen and oxygen atoms in total. The molecule has 0 aromatic carbocycles. The molecular formula is C26H35ClN4O7S2. The van der Waals surface area contributed by atoms with Gasteiger partial charge in [-0.1, -0.05) is 36.6 Å². The number of carbonyl (C=O) groups excluding carboxylic acids is 4. The highest BCUT2D eigenvalue weighted by Gasteiger charge is 2.61.